The number of methoxy groups -OCH3 is 2. The molecule has 2 aromatic carbocycles. The summed E-state index contributed by atoms with van der Waals surface area (Å²) in [4.78, 5) is 25.1. The minimum Gasteiger partial charge on any atom is -0.496 e. The molecule has 0 bridgehead atoms. The van der Waals surface area contributed by atoms with Crippen molar-refractivity contribution in [2.75, 3.05) is 14.2 Å². The van der Waals surface area contributed by atoms with Crippen LogP contribution in [0.3, 0.4) is 0 Å². The molecule has 0 atom stereocenters. The van der Waals surface area contributed by atoms with Crippen LogP contribution in [0.1, 0.15) is 49.4 Å². The highest BCUT2D eigenvalue weighted by Gasteiger charge is 2.43. The number of hydrogen-bond acceptors (Lipinski definition) is 4. The first-order valence-electron chi connectivity index (χ1n) is 10.4. The van der Waals surface area contributed by atoms with Crippen molar-refractivity contribution in [2.24, 2.45) is 5.92 Å². The minimum atomic E-state index is -1.27. The fourth-order valence-corrected chi connectivity index (χ4v) is 4.17. The summed E-state index contributed by atoms with van der Waals surface area (Å²) in [6, 6.07) is 9.26. The van der Waals surface area contributed by atoms with Gasteiger partial charge in [0.05, 0.1) is 14.2 Å². The number of rotatable bonds is 7. The molecule has 7 heteroatoms. The molecule has 0 aromatic heterocycles. The van der Waals surface area contributed by atoms with Crippen LogP contribution in [0.2, 0.25) is 0 Å². The molecule has 0 radical (unpaired) electrons. The van der Waals surface area contributed by atoms with Crippen LogP contribution in [0.15, 0.2) is 36.4 Å². The summed E-state index contributed by atoms with van der Waals surface area (Å²) in [7, 11) is 2.87. The van der Waals surface area contributed by atoms with Crippen molar-refractivity contribution >= 4 is 11.9 Å². The Hall–Kier alpha value is -3.09. The normalized spacial score (nSPS) is 20.7. The zero-order valence-corrected chi connectivity index (χ0v) is 18.0. The van der Waals surface area contributed by atoms with E-state index in [4.69, 9.17) is 9.47 Å². The molecular weight excluding hydrogens is 401 g/mol. The maximum atomic E-state index is 14.2. The molecular formula is C24H28FNO5. The number of ether oxygens (including phenoxy) is 2. The number of carbonyl (C=O) groups is 2. The predicted octanol–water partition coefficient (Wildman–Crippen LogP) is 4.66. The van der Waals surface area contributed by atoms with Gasteiger partial charge in [-0.1, -0.05) is 19.4 Å². The lowest BCUT2D eigenvalue weighted by Gasteiger charge is -2.37. The van der Waals surface area contributed by atoms with Crippen LogP contribution < -0.4 is 14.8 Å². The highest BCUT2D eigenvalue weighted by molar-refractivity contribution is 5.99. The van der Waals surface area contributed by atoms with Gasteiger partial charge in [-0.2, -0.15) is 0 Å². The summed E-state index contributed by atoms with van der Waals surface area (Å²) < 4.78 is 24.6. The van der Waals surface area contributed by atoms with E-state index in [1.54, 1.807) is 24.3 Å². The standard InChI is InChI=1S/C24H28FNO5/c1-4-15-9-11-24(12-10-15,23(28)29)26-22(27)17-6-7-20(30-2)18(13-17)16-5-8-21(31-3)19(25)14-16/h5-8,13-15H,4,9-12H2,1-3H3,(H,26,27)(H,28,29). The Morgan fingerprint density at radius 3 is 2.29 bits per heavy atom. The lowest BCUT2D eigenvalue weighted by atomic mass is 9.75. The van der Waals surface area contributed by atoms with Crippen LogP contribution in [-0.4, -0.2) is 36.7 Å². The lowest BCUT2D eigenvalue weighted by Crippen LogP contribution is -2.56. The van der Waals surface area contributed by atoms with Gasteiger partial charge >= 0.3 is 5.97 Å². The van der Waals surface area contributed by atoms with Gasteiger partial charge in [0, 0.05) is 11.1 Å². The van der Waals surface area contributed by atoms with Crippen molar-refractivity contribution in [2.45, 2.75) is 44.6 Å². The molecule has 2 N–H and O–H groups in total. The summed E-state index contributed by atoms with van der Waals surface area (Å²) in [6.45, 7) is 2.10. The molecule has 1 saturated carbocycles. The van der Waals surface area contributed by atoms with Crippen LogP contribution in [0.5, 0.6) is 11.5 Å². The Labute approximate surface area is 181 Å². The van der Waals surface area contributed by atoms with Crippen molar-refractivity contribution < 1.29 is 28.6 Å². The van der Waals surface area contributed by atoms with Crippen molar-refractivity contribution in [1.29, 1.82) is 0 Å². The van der Waals surface area contributed by atoms with Gasteiger partial charge in [-0.25, -0.2) is 9.18 Å². The number of carboxylic acid groups (broad SMARTS) is 1. The van der Waals surface area contributed by atoms with E-state index in [2.05, 4.69) is 12.2 Å². The molecule has 0 spiro atoms. The molecule has 1 aliphatic carbocycles. The average Bonchev–Trinajstić information content (AvgIpc) is 2.78. The Morgan fingerprint density at radius 2 is 1.74 bits per heavy atom. The number of benzene rings is 2. The number of aliphatic carboxylic acids is 1. The number of carboxylic acids is 1. The summed E-state index contributed by atoms with van der Waals surface area (Å²) in [5.41, 5.74) is 0.0527. The monoisotopic (exact) mass is 429 g/mol. The average molecular weight is 429 g/mol. The molecule has 1 aliphatic rings. The number of halogens is 1. The van der Waals surface area contributed by atoms with E-state index in [-0.39, 0.29) is 11.3 Å². The third-order valence-corrected chi connectivity index (χ3v) is 6.22. The number of hydrogen-bond donors (Lipinski definition) is 2. The zero-order chi connectivity index (χ0) is 22.6. The Bertz CT molecular complexity index is 966. The molecule has 31 heavy (non-hydrogen) atoms. The second-order valence-corrected chi connectivity index (χ2v) is 7.96. The minimum absolute atomic E-state index is 0.114. The lowest BCUT2D eigenvalue weighted by molar-refractivity contribution is -0.146. The Balaban J connectivity index is 1.90. The van der Waals surface area contributed by atoms with Crippen LogP contribution in [0.25, 0.3) is 11.1 Å². The van der Waals surface area contributed by atoms with Crippen LogP contribution in [-0.2, 0) is 4.79 Å². The van der Waals surface area contributed by atoms with Gasteiger partial charge in [-0.3, -0.25) is 4.79 Å². The molecule has 166 valence electrons. The van der Waals surface area contributed by atoms with Crippen molar-refractivity contribution in [3.63, 3.8) is 0 Å². The van der Waals surface area contributed by atoms with Gasteiger partial charge in [-0.05, 0) is 67.5 Å². The van der Waals surface area contributed by atoms with E-state index in [1.807, 2.05) is 0 Å². The van der Waals surface area contributed by atoms with Gasteiger partial charge in [0.2, 0.25) is 0 Å². The quantitative estimate of drug-likeness (QED) is 0.669. The Kier molecular flexibility index (Phi) is 6.83. The molecule has 3 rings (SSSR count). The third-order valence-electron chi connectivity index (χ3n) is 6.22. The maximum Gasteiger partial charge on any atom is 0.329 e. The molecule has 6 nitrogen and oxygen atoms in total. The fourth-order valence-electron chi connectivity index (χ4n) is 4.17. The Morgan fingerprint density at radius 1 is 1.10 bits per heavy atom. The number of nitrogens with one attached hydrogen (secondary N) is 1. The van der Waals surface area contributed by atoms with E-state index in [1.165, 1.54) is 26.4 Å². The summed E-state index contributed by atoms with van der Waals surface area (Å²) in [5, 5.41) is 12.6. The summed E-state index contributed by atoms with van der Waals surface area (Å²) in [6.07, 6.45) is 3.34. The molecule has 0 heterocycles. The van der Waals surface area contributed by atoms with Gasteiger partial charge < -0.3 is 19.9 Å². The first-order valence-corrected chi connectivity index (χ1v) is 10.4. The number of carbonyl (C=O) groups excluding carboxylic acids is 1. The summed E-state index contributed by atoms with van der Waals surface area (Å²) >= 11 is 0. The van der Waals surface area contributed by atoms with Crippen LogP contribution in [0, 0.1) is 11.7 Å². The van der Waals surface area contributed by atoms with E-state index in [0.717, 1.165) is 19.3 Å². The first-order chi connectivity index (χ1) is 14.8. The van der Waals surface area contributed by atoms with Crippen molar-refractivity contribution in [1.82, 2.24) is 5.32 Å². The van der Waals surface area contributed by atoms with Gasteiger partial charge in [0.25, 0.3) is 5.91 Å². The molecule has 1 fully saturated rings. The second kappa shape index (κ2) is 9.37. The number of amides is 1. The van der Waals surface area contributed by atoms with E-state index in [0.29, 0.717) is 35.6 Å². The SMILES string of the molecule is CCC1CCC(NC(=O)c2ccc(OC)c(-c3ccc(OC)c(F)c3)c2)(C(=O)O)CC1. The highest BCUT2D eigenvalue weighted by Crippen LogP contribution is 2.36. The highest BCUT2D eigenvalue weighted by atomic mass is 19.1. The van der Waals surface area contributed by atoms with Crippen LogP contribution in [0.4, 0.5) is 4.39 Å². The molecule has 0 unspecified atom stereocenters. The van der Waals surface area contributed by atoms with Gasteiger partial charge in [0.15, 0.2) is 11.6 Å². The smallest absolute Gasteiger partial charge is 0.329 e. The maximum absolute atomic E-state index is 14.2. The largest absolute Gasteiger partial charge is 0.496 e. The molecule has 1 amide bonds. The third kappa shape index (κ3) is 4.65. The van der Waals surface area contributed by atoms with Crippen LogP contribution >= 0.6 is 0 Å². The zero-order valence-electron chi connectivity index (χ0n) is 18.0. The molecule has 0 saturated heterocycles. The first kappa shape index (κ1) is 22.6. The second-order valence-electron chi connectivity index (χ2n) is 7.96. The van der Waals surface area contributed by atoms with E-state index >= 15 is 0 Å². The van der Waals surface area contributed by atoms with Crippen molar-refractivity contribution in [3.8, 4) is 22.6 Å². The van der Waals surface area contributed by atoms with Crippen molar-refractivity contribution in [3.05, 3.63) is 47.8 Å². The predicted molar refractivity (Wildman–Crippen MR) is 115 cm³/mol. The topological polar surface area (TPSA) is 84.9 Å². The molecule has 2 aromatic rings. The van der Waals surface area contributed by atoms with Gasteiger partial charge in [-0.15, -0.1) is 0 Å². The fraction of sp³-hybridized carbons (Fsp3) is 0.417. The molecule has 0 aliphatic heterocycles. The van der Waals surface area contributed by atoms with E-state index < -0.39 is 23.2 Å². The summed E-state index contributed by atoms with van der Waals surface area (Å²) in [5.74, 6) is -0.951. The van der Waals surface area contributed by atoms with Gasteiger partial charge in [0.1, 0.15) is 11.3 Å². The van der Waals surface area contributed by atoms with E-state index in [9.17, 15) is 19.1 Å².